The molecule has 74 valence electrons. The van der Waals surface area contributed by atoms with E-state index < -0.39 is 0 Å². The quantitative estimate of drug-likeness (QED) is 0.671. The van der Waals surface area contributed by atoms with Crippen molar-refractivity contribution in [2.24, 2.45) is 17.8 Å². The Morgan fingerprint density at radius 2 is 2.23 bits per heavy atom. The number of hydrogen-bond donors (Lipinski definition) is 1. The van der Waals surface area contributed by atoms with E-state index in [2.05, 4.69) is 6.92 Å². The normalized spacial score (nSPS) is 44.9. The molecule has 0 aromatic carbocycles. The second-order valence-electron chi connectivity index (χ2n) is 4.59. The van der Waals surface area contributed by atoms with Gasteiger partial charge in [0.05, 0.1) is 6.10 Å². The average Bonchev–Trinajstić information content (AvgIpc) is 2.48. The lowest BCUT2D eigenvalue weighted by Crippen LogP contribution is -2.35. The molecule has 2 aliphatic rings. The Labute approximate surface area is 79.3 Å². The van der Waals surface area contributed by atoms with Crippen molar-refractivity contribution >= 4 is 5.78 Å². The zero-order chi connectivity index (χ0) is 9.42. The van der Waals surface area contributed by atoms with Crippen molar-refractivity contribution in [3.63, 3.8) is 0 Å². The van der Waals surface area contributed by atoms with Gasteiger partial charge in [-0.25, -0.2) is 0 Å². The molecule has 0 aromatic rings. The number of ketones is 1. The molecule has 0 spiro atoms. The number of aliphatic hydroxyl groups excluding tert-OH is 1. The van der Waals surface area contributed by atoms with Gasteiger partial charge in [0, 0.05) is 12.3 Å². The van der Waals surface area contributed by atoms with Crippen LogP contribution in [0.15, 0.2) is 0 Å². The number of rotatable bonds is 1. The predicted octanol–water partition coefficient (Wildman–Crippen LogP) is 1.76. The number of fused-ring (bicyclic) bond motifs is 1. The fourth-order valence-electron chi connectivity index (χ4n) is 3.01. The Kier molecular flexibility index (Phi) is 2.41. The van der Waals surface area contributed by atoms with E-state index in [1.54, 1.807) is 0 Å². The molecule has 0 radical (unpaired) electrons. The van der Waals surface area contributed by atoms with E-state index in [9.17, 15) is 9.90 Å². The molecule has 0 saturated heterocycles. The Bertz CT molecular complexity index is 212. The molecule has 0 unspecified atom stereocenters. The molecule has 2 saturated carbocycles. The van der Waals surface area contributed by atoms with Gasteiger partial charge >= 0.3 is 0 Å². The summed E-state index contributed by atoms with van der Waals surface area (Å²) in [7, 11) is 0. The summed E-state index contributed by atoms with van der Waals surface area (Å²) >= 11 is 0. The molecular formula is C11H18O2. The molecule has 2 heteroatoms. The molecule has 2 fully saturated rings. The minimum absolute atomic E-state index is 0.199. The zero-order valence-corrected chi connectivity index (χ0v) is 8.20. The van der Waals surface area contributed by atoms with Gasteiger partial charge in [0.1, 0.15) is 5.78 Å². The van der Waals surface area contributed by atoms with Crippen LogP contribution in [0.4, 0.5) is 0 Å². The first-order valence-corrected chi connectivity index (χ1v) is 5.43. The molecule has 2 rings (SSSR count). The first kappa shape index (κ1) is 9.20. The van der Waals surface area contributed by atoms with E-state index in [1.165, 1.54) is 0 Å². The van der Waals surface area contributed by atoms with Crippen molar-refractivity contribution in [2.45, 2.75) is 45.1 Å². The molecule has 2 nitrogen and oxygen atoms in total. The Morgan fingerprint density at radius 3 is 2.92 bits per heavy atom. The predicted molar refractivity (Wildman–Crippen MR) is 50.2 cm³/mol. The van der Waals surface area contributed by atoms with E-state index in [4.69, 9.17) is 0 Å². The number of carbonyl (C=O) groups excluding carboxylic acids is 1. The third-order valence-corrected chi connectivity index (χ3v) is 3.89. The first-order chi connectivity index (χ1) is 6.22. The highest BCUT2D eigenvalue weighted by Gasteiger charge is 2.43. The molecule has 4 atom stereocenters. The summed E-state index contributed by atoms with van der Waals surface area (Å²) in [5, 5.41) is 9.85. The fourth-order valence-corrected chi connectivity index (χ4v) is 3.01. The third kappa shape index (κ3) is 1.52. The van der Waals surface area contributed by atoms with Gasteiger partial charge in [-0.2, -0.15) is 0 Å². The Morgan fingerprint density at radius 1 is 1.46 bits per heavy atom. The number of hydrogen-bond acceptors (Lipinski definition) is 2. The largest absolute Gasteiger partial charge is 0.393 e. The standard InChI is InChI=1S/C11H18O2/c1-2-7-5-9-8(11(13)6-7)3-4-10(9)12/h7-9,11,13H,2-6H2,1H3/t7-,8-,9-,11-/m1/s1. The van der Waals surface area contributed by atoms with Gasteiger partial charge in [0.15, 0.2) is 0 Å². The zero-order valence-electron chi connectivity index (χ0n) is 8.20. The van der Waals surface area contributed by atoms with Gasteiger partial charge in [-0.05, 0) is 31.1 Å². The van der Waals surface area contributed by atoms with Crippen LogP contribution in [0.2, 0.25) is 0 Å². The molecular weight excluding hydrogens is 164 g/mol. The van der Waals surface area contributed by atoms with Gasteiger partial charge in [-0.1, -0.05) is 13.3 Å². The molecule has 0 aromatic heterocycles. The summed E-state index contributed by atoms with van der Waals surface area (Å²) in [5.41, 5.74) is 0. The lowest BCUT2D eigenvalue weighted by molar-refractivity contribution is -0.124. The molecule has 13 heavy (non-hydrogen) atoms. The van der Waals surface area contributed by atoms with Crippen molar-refractivity contribution in [1.82, 2.24) is 0 Å². The maximum atomic E-state index is 11.5. The molecule has 0 bridgehead atoms. The lowest BCUT2D eigenvalue weighted by atomic mass is 9.73. The fraction of sp³-hybridized carbons (Fsp3) is 0.909. The van der Waals surface area contributed by atoms with Crippen molar-refractivity contribution in [2.75, 3.05) is 0 Å². The van der Waals surface area contributed by atoms with Gasteiger partial charge in [-0.3, -0.25) is 4.79 Å². The monoisotopic (exact) mass is 182 g/mol. The Balaban J connectivity index is 2.09. The van der Waals surface area contributed by atoms with Crippen molar-refractivity contribution in [3.8, 4) is 0 Å². The maximum absolute atomic E-state index is 11.5. The van der Waals surface area contributed by atoms with Crippen LogP contribution < -0.4 is 0 Å². The van der Waals surface area contributed by atoms with E-state index in [1.807, 2.05) is 0 Å². The third-order valence-electron chi connectivity index (χ3n) is 3.89. The van der Waals surface area contributed by atoms with E-state index in [0.29, 0.717) is 24.0 Å². The van der Waals surface area contributed by atoms with E-state index in [0.717, 1.165) is 25.7 Å². The number of carbonyl (C=O) groups is 1. The van der Waals surface area contributed by atoms with Crippen molar-refractivity contribution < 1.29 is 9.90 Å². The minimum atomic E-state index is -0.199. The summed E-state index contributed by atoms with van der Waals surface area (Å²) in [6, 6.07) is 0. The van der Waals surface area contributed by atoms with E-state index in [-0.39, 0.29) is 12.0 Å². The van der Waals surface area contributed by atoms with Gasteiger partial charge in [0.2, 0.25) is 0 Å². The molecule has 0 amide bonds. The Hall–Kier alpha value is -0.370. The van der Waals surface area contributed by atoms with Gasteiger partial charge < -0.3 is 5.11 Å². The smallest absolute Gasteiger partial charge is 0.136 e. The van der Waals surface area contributed by atoms with Crippen LogP contribution in [-0.4, -0.2) is 17.0 Å². The summed E-state index contributed by atoms with van der Waals surface area (Å²) in [6.07, 6.45) is 4.51. The van der Waals surface area contributed by atoms with Crippen LogP contribution in [0, 0.1) is 17.8 Å². The highest BCUT2D eigenvalue weighted by molar-refractivity contribution is 5.83. The van der Waals surface area contributed by atoms with Crippen LogP contribution >= 0.6 is 0 Å². The van der Waals surface area contributed by atoms with Crippen molar-refractivity contribution in [1.29, 1.82) is 0 Å². The summed E-state index contributed by atoms with van der Waals surface area (Å²) in [4.78, 5) is 11.5. The number of Topliss-reactive ketones (excluding diaryl/α,β-unsaturated/α-hetero) is 1. The topological polar surface area (TPSA) is 37.3 Å². The summed E-state index contributed by atoms with van der Waals surface area (Å²) in [6.45, 7) is 2.15. The van der Waals surface area contributed by atoms with Gasteiger partial charge in [-0.15, -0.1) is 0 Å². The van der Waals surface area contributed by atoms with Crippen LogP contribution in [-0.2, 0) is 4.79 Å². The number of aliphatic hydroxyl groups is 1. The maximum Gasteiger partial charge on any atom is 0.136 e. The minimum Gasteiger partial charge on any atom is -0.393 e. The van der Waals surface area contributed by atoms with Crippen LogP contribution in [0.5, 0.6) is 0 Å². The van der Waals surface area contributed by atoms with Gasteiger partial charge in [0.25, 0.3) is 0 Å². The van der Waals surface area contributed by atoms with Crippen LogP contribution in [0.3, 0.4) is 0 Å². The first-order valence-electron chi connectivity index (χ1n) is 5.43. The SMILES string of the molecule is CC[C@H]1C[C@@H](O)[C@@H]2CCC(=O)[C@@H]2C1. The highest BCUT2D eigenvalue weighted by atomic mass is 16.3. The molecule has 2 aliphatic carbocycles. The van der Waals surface area contributed by atoms with E-state index >= 15 is 0 Å². The summed E-state index contributed by atoms with van der Waals surface area (Å²) < 4.78 is 0. The average molecular weight is 182 g/mol. The molecule has 0 aliphatic heterocycles. The van der Waals surface area contributed by atoms with Crippen LogP contribution in [0.25, 0.3) is 0 Å². The summed E-state index contributed by atoms with van der Waals surface area (Å²) in [5.74, 6) is 1.49. The second kappa shape index (κ2) is 3.41. The van der Waals surface area contributed by atoms with Crippen LogP contribution in [0.1, 0.15) is 39.0 Å². The second-order valence-corrected chi connectivity index (χ2v) is 4.59. The molecule has 1 N–H and O–H groups in total. The van der Waals surface area contributed by atoms with Crippen molar-refractivity contribution in [3.05, 3.63) is 0 Å². The molecule has 0 heterocycles. The highest BCUT2D eigenvalue weighted by Crippen LogP contribution is 2.43. The lowest BCUT2D eigenvalue weighted by Gasteiger charge is -2.34.